The third kappa shape index (κ3) is 1.34. The second-order valence-electron chi connectivity index (χ2n) is 5.18. The predicted molar refractivity (Wildman–Crippen MR) is 57.1 cm³/mol. The van der Waals surface area contributed by atoms with Gasteiger partial charge >= 0.3 is 5.97 Å². The Balaban J connectivity index is 1.69. The molecule has 0 N–H and O–H groups in total. The van der Waals surface area contributed by atoms with Crippen LogP contribution in [0.3, 0.4) is 0 Å². The van der Waals surface area contributed by atoms with Crippen molar-refractivity contribution in [1.29, 1.82) is 0 Å². The Hall–Kier alpha value is -0.790. The summed E-state index contributed by atoms with van der Waals surface area (Å²) in [6, 6.07) is 0. The molecule has 0 radical (unpaired) electrons. The first-order valence-electron chi connectivity index (χ1n) is 6.15. The molecule has 0 aromatic heterocycles. The van der Waals surface area contributed by atoms with Crippen LogP contribution in [0.15, 0.2) is 12.2 Å². The third-order valence-corrected chi connectivity index (χ3v) is 4.51. The van der Waals surface area contributed by atoms with Gasteiger partial charge in [0, 0.05) is 6.42 Å². The highest BCUT2D eigenvalue weighted by molar-refractivity contribution is 5.69. The molecule has 0 aromatic rings. The summed E-state index contributed by atoms with van der Waals surface area (Å²) in [5.74, 6) is 3.04. The fourth-order valence-corrected chi connectivity index (χ4v) is 3.88. The lowest BCUT2D eigenvalue weighted by Gasteiger charge is -2.30. The van der Waals surface area contributed by atoms with Gasteiger partial charge in [-0.2, -0.15) is 0 Å². The summed E-state index contributed by atoms with van der Waals surface area (Å²) >= 11 is 0. The Kier molecular flexibility index (Phi) is 2.11. The maximum Gasteiger partial charge on any atom is 0.305 e. The molecule has 5 atom stereocenters. The molecule has 2 bridgehead atoms. The van der Waals surface area contributed by atoms with E-state index >= 15 is 0 Å². The smallest absolute Gasteiger partial charge is 0.305 e. The molecule has 15 heavy (non-hydrogen) atoms. The fraction of sp³-hybridized carbons (Fsp3) is 0.769. The van der Waals surface area contributed by atoms with Crippen LogP contribution in [0.5, 0.6) is 0 Å². The normalized spacial score (nSPS) is 45.8. The molecule has 2 nitrogen and oxygen atoms in total. The number of ether oxygens (including phenoxy) is 1. The van der Waals surface area contributed by atoms with E-state index in [2.05, 4.69) is 12.2 Å². The Morgan fingerprint density at radius 3 is 3.07 bits per heavy atom. The number of allylic oxidation sites excluding steroid dienone is 2. The Labute approximate surface area is 90.7 Å². The SMILES string of the molecule is CCC(=O)O[C@H]1C[C@@H]2C[C@H]1[C@H]1CC=C[C@@H]21. The minimum absolute atomic E-state index is 0.0185. The number of hydrogen-bond acceptors (Lipinski definition) is 2. The van der Waals surface area contributed by atoms with Gasteiger partial charge in [0.15, 0.2) is 0 Å². The lowest BCUT2D eigenvalue weighted by molar-refractivity contribution is -0.152. The van der Waals surface area contributed by atoms with Crippen LogP contribution in [0, 0.1) is 23.7 Å². The highest BCUT2D eigenvalue weighted by Gasteiger charge is 2.53. The largest absolute Gasteiger partial charge is 0.462 e. The average Bonchev–Trinajstić information content (AvgIpc) is 2.87. The molecule has 82 valence electrons. The molecule has 2 saturated carbocycles. The summed E-state index contributed by atoms with van der Waals surface area (Å²) in [6.07, 6.45) is 9.09. The number of esters is 1. The van der Waals surface area contributed by atoms with Crippen LogP contribution in [-0.4, -0.2) is 12.1 Å². The minimum atomic E-state index is -0.0185. The summed E-state index contributed by atoms with van der Waals surface area (Å²) in [6.45, 7) is 1.87. The molecule has 0 heterocycles. The maximum atomic E-state index is 11.3. The summed E-state index contributed by atoms with van der Waals surface area (Å²) in [7, 11) is 0. The first-order chi connectivity index (χ1) is 7.29. The Bertz CT molecular complexity index is 308. The highest BCUT2D eigenvalue weighted by atomic mass is 16.5. The number of hydrogen-bond donors (Lipinski definition) is 0. The molecule has 3 aliphatic carbocycles. The second-order valence-corrected chi connectivity index (χ2v) is 5.18. The number of rotatable bonds is 2. The lowest BCUT2D eigenvalue weighted by Crippen LogP contribution is -2.32. The van der Waals surface area contributed by atoms with Crippen LogP contribution >= 0.6 is 0 Å². The van der Waals surface area contributed by atoms with Crippen molar-refractivity contribution in [3.05, 3.63) is 12.2 Å². The van der Waals surface area contributed by atoms with E-state index in [4.69, 9.17) is 4.74 Å². The van der Waals surface area contributed by atoms with Crippen LogP contribution in [0.1, 0.15) is 32.6 Å². The molecule has 0 spiro atoms. The van der Waals surface area contributed by atoms with Crippen LogP contribution in [0.25, 0.3) is 0 Å². The van der Waals surface area contributed by atoms with Gasteiger partial charge in [0.25, 0.3) is 0 Å². The predicted octanol–water partition coefficient (Wildman–Crippen LogP) is 2.54. The molecule has 0 aromatic carbocycles. The zero-order valence-electron chi connectivity index (χ0n) is 9.19. The fourth-order valence-electron chi connectivity index (χ4n) is 3.88. The van der Waals surface area contributed by atoms with Crippen molar-refractivity contribution in [2.45, 2.75) is 38.7 Å². The molecule has 0 unspecified atom stereocenters. The molecule has 0 amide bonds. The van der Waals surface area contributed by atoms with E-state index in [1.54, 1.807) is 0 Å². The van der Waals surface area contributed by atoms with E-state index in [0.717, 1.165) is 24.2 Å². The highest BCUT2D eigenvalue weighted by Crippen LogP contribution is 2.57. The third-order valence-electron chi connectivity index (χ3n) is 4.51. The van der Waals surface area contributed by atoms with Gasteiger partial charge in [-0.3, -0.25) is 4.79 Å². The lowest BCUT2D eigenvalue weighted by atomic mass is 9.80. The van der Waals surface area contributed by atoms with Gasteiger partial charge in [-0.1, -0.05) is 19.1 Å². The van der Waals surface area contributed by atoms with Crippen molar-refractivity contribution in [2.24, 2.45) is 23.7 Å². The van der Waals surface area contributed by atoms with Crippen LogP contribution < -0.4 is 0 Å². The van der Waals surface area contributed by atoms with Gasteiger partial charge in [0.05, 0.1) is 0 Å². The van der Waals surface area contributed by atoms with Crippen molar-refractivity contribution >= 4 is 5.97 Å². The van der Waals surface area contributed by atoms with Crippen molar-refractivity contribution in [2.75, 3.05) is 0 Å². The van der Waals surface area contributed by atoms with Gasteiger partial charge < -0.3 is 4.74 Å². The second kappa shape index (κ2) is 3.36. The van der Waals surface area contributed by atoms with Crippen LogP contribution in [-0.2, 0) is 9.53 Å². The first-order valence-corrected chi connectivity index (χ1v) is 6.15. The molecule has 0 aliphatic heterocycles. The van der Waals surface area contributed by atoms with Crippen molar-refractivity contribution in [3.63, 3.8) is 0 Å². The van der Waals surface area contributed by atoms with Gasteiger partial charge in [0.1, 0.15) is 6.10 Å². The van der Waals surface area contributed by atoms with E-state index < -0.39 is 0 Å². The van der Waals surface area contributed by atoms with Crippen LogP contribution in [0.4, 0.5) is 0 Å². The topological polar surface area (TPSA) is 26.3 Å². The van der Waals surface area contributed by atoms with E-state index in [-0.39, 0.29) is 12.1 Å². The standard InChI is InChI=1S/C13H18O2/c1-2-13(14)15-12-7-8-6-11(12)10-5-3-4-9(8)10/h3-4,8-12H,2,5-7H2,1H3/t8-,9-,10-,11-,12-/m0/s1. The van der Waals surface area contributed by atoms with Gasteiger partial charge in [-0.05, 0) is 42.9 Å². The first kappa shape index (κ1) is 9.44. The van der Waals surface area contributed by atoms with E-state index in [0.29, 0.717) is 12.3 Å². The summed E-state index contributed by atoms with van der Waals surface area (Å²) in [4.78, 5) is 11.3. The van der Waals surface area contributed by atoms with Crippen molar-refractivity contribution in [1.82, 2.24) is 0 Å². The summed E-state index contributed by atoms with van der Waals surface area (Å²) in [5.41, 5.74) is 0. The maximum absolute atomic E-state index is 11.3. The Morgan fingerprint density at radius 2 is 2.27 bits per heavy atom. The average molecular weight is 206 g/mol. The van der Waals surface area contributed by atoms with Crippen molar-refractivity contribution < 1.29 is 9.53 Å². The van der Waals surface area contributed by atoms with E-state index in [1.807, 2.05) is 6.92 Å². The molecule has 0 saturated heterocycles. The molecule has 3 rings (SSSR count). The molecule has 2 fully saturated rings. The van der Waals surface area contributed by atoms with E-state index in [9.17, 15) is 4.79 Å². The van der Waals surface area contributed by atoms with E-state index in [1.165, 1.54) is 12.8 Å². The summed E-state index contributed by atoms with van der Waals surface area (Å²) in [5, 5.41) is 0. The molecule has 2 heteroatoms. The monoisotopic (exact) mass is 206 g/mol. The molecular weight excluding hydrogens is 188 g/mol. The van der Waals surface area contributed by atoms with Crippen LogP contribution in [0.2, 0.25) is 0 Å². The van der Waals surface area contributed by atoms with Gasteiger partial charge in [0.2, 0.25) is 0 Å². The number of fused-ring (bicyclic) bond motifs is 5. The molecule has 3 aliphatic rings. The number of carbonyl (C=O) groups excluding carboxylic acids is 1. The number of carbonyl (C=O) groups is 1. The van der Waals surface area contributed by atoms with Gasteiger partial charge in [-0.15, -0.1) is 0 Å². The minimum Gasteiger partial charge on any atom is -0.462 e. The zero-order valence-corrected chi connectivity index (χ0v) is 9.19. The Morgan fingerprint density at radius 1 is 1.40 bits per heavy atom. The summed E-state index contributed by atoms with van der Waals surface area (Å²) < 4.78 is 5.54. The zero-order chi connectivity index (χ0) is 10.4. The van der Waals surface area contributed by atoms with Gasteiger partial charge in [-0.25, -0.2) is 0 Å². The quantitative estimate of drug-likeness (QED) is 0.512. The van der Waals surface area contributed by atoms with Crippen molar-refractivity contribution in [3.8, 4) is 0 Å². The molecular formula is C13H18O2.